The molecule has 2 rings (SSSR count). The lowest BCUT2D eigenvalue weighted by Gasteiger charge is -2.09. The number of anilines is 1. The highest BCUT2D eigenvalue weighted by Gasteiger charge is 2.16. The van der Waals surface area contributed by atoms with Crippen molar-refractivity contribution in [2.24, 2.45) is 0 Å². The first-order valence-electron chi connectivity index (χ1n) is 5.40. The summed E-state index contributed by atoms with van der Waals surface area (Å²) in [6, 6.07) is 7.52. The van der Waals surface area contributed by atoms with Crippen molar-refractivity contribution in [3.05, 3.63) is 46.2 Å². The summed E-state index contributed by atoms with van der Waals surface area (Å²) < 4.78 is 32.4. The highest BCUT2D eigenvalue weighted by atomic mass is 79.9. The topological polar surface area (TPSA) is 68.3 Å². The van der Waals surface area contributed by atoms with Crippen molar-refractivity contribution in [1.82, 2.24) is 4.98 Å². The smallest absolute Gasteiger partial charge is 0.261 e. The number of methoxy groups -OCH3 is 1. The second-order valence-corrected chi connectivity index (χ2v) is 6.70. The van der Waals surface area contributed by atoms with E-state index in [1.165, 1.54) is 37.6 Å². The summed E-state index contributed by atoms with van der Waals surface area (Å²) in [5, 5.41) is 0.292. The number of halogens is 2. The molecule has 2 aromatic rings. The number of nitrogens with zero attached hydrogens (tertiary/aromatic N) is 1. The molecular formula is C12H10BrClN2O3S. The molecule has 1 aromatic heterocycles. The fourth-order valence-corrected chi connectivity index (χ4v) is 3.34. The summed E-state index contributed by atoms with van der Waals surface area (Å²) in [6.07, 6.45) is 1.35. The number of aromatic nitrogens is 1. The van der Waals surface area contributed by atoms with Crippen LogP contribution in [0.5, 0.6) is 5.75 Å². The van der Waals surface area contributed by atoms with E-state index in [2.05, 4.69) is 25.6 Å². The van der Waals surface area contributed by atoms with Crippen LogP contribution in [-0.2, 0) is 10.0 Å². The Morgan fingerprint density at radius 1 is 1.30 bits per heavy atom. The second-order valence-electron chi connectivity index (χ2n) is 3.77. The maximum Gasteiger partial charge on any atom is 0.261 e. The molecule has 0 aliphatic rings. The third-order valence-corrected chi connectivity index (χ3v) is 4.64. The average molecular weight is 378 g/mol. The van der Waals surface area contributed by atoms with Crippen molar-refractivity contribution in [3.8, 4) is 5.75 Å². The van der Waals surface area contributed by atoms with Crippen LogP contribution in [0.15, 0.2) is 45.9 Å². The Bertz CT molecular complexity index is 720. The standard InChI is InChI=1S/C12H10BrClN2O3S/c1-19-11-4-3-9(6-10(11)13)20(17,18)16-8-2-5-12(14)15-7-8/h2-7,16H,1H3. The normalized spacial score (nSPS) is 11.2. The average Bonchev–Trinajstić information content (AvgIpc) is 2.41. The Kier molecular flexibility index (Phi) is 4.52. The van der Waals surface area contributed by atoms with Crippen molar-refractivity contribution >= 4 is 43.2 Å². The zero-order chi connectivity index (χ0) is 14.8. The number of pyridine rings is 1. The van der Waals surface area contributed by atoms with Gasteiger partial charge in [-0.25, -0.2) is 13.4 Å². The number of sulfonamides is 1. The summed E-state index contributed by atoms with van der Waals surface area (Å²) >= 11 is 8.89. The number of benzene rings is 1. The number of ether oxygens (including phenoxy) is 1. The first-order chi connectivity index (χ1) is 9.42. The van der Waals surface area contributed by atoms with Crippen LogP contribution in [0.25, 0.3) is 0 Å². The van der Waals surface area contributed by atoms with Gasteiger partial charge in [0.2, 0.25) is 0 Å². The van der Waals surface area contributed by atoms with Gasteiger partial charge in [-0.05, 0) is 46.3 Å². The molecule has 1 aromatic carbocycles. The predicted molar refractivity (Wildman–Crippen MR) is 80.7 cm³/mol. The molecule has 0 fully saturated rings. The lowest BCUT2D eigenvalue weighted by molar-refractivity contribution is 0.411. The lowest BCUT2D eigenvalue weighted by atomic mass is 10.3. The molecule has 0 saturated heterocycles. The van der Waals surface area contributed by atoms with E-state index in [1.807, 2.05) is 0 Å². The molecular weight excluding hydrogens is 368 g/mol. The molecule has 0 bridgehead atoms. The molecule has 5 nitrogen and oxygen atoms in total. The summed E-state index contributed by atoms with van der Waals surface area (Å²) in [6.45, 7) is 0. The summed E-state index contributed by atoms with van der Waals surface area (Å²) in [5.74, 6) is 0.553. The molecule has 20 heavy (non-hydrogen) atoms. The van der Waals surface area contributed by atoms with E-state index in [4.69, 9.17) is 16.3 Å². The molecule has 0 unspecified atom stereocenters. The van der Waals surface area contributed by atoms with Gasteiger partial charge in [-0.1, -0.05) is 11.6 Å². The molecule has 0 amide bonds. The Labute approximate surface area is 130 Å². The van der Waals surface area contributed by atoms with Crippen molar-refractivity contribution in [2.45, 2.75) is 4.90 Å². The van der Waals surface area contributed by atoms with Crippen LogP contribution >= 0.6 is 27.5 Å². The van der Waals surface area contributed by atoms with Crippen molar-refractivity contribution in [1.29, 1.82) is 0 Å². The minimum atomic E-state index is -3.69. The maximum absolute atomic E-state index is 12.2. The van der Waals surface area contributed by atoms with Gasteiger partial charge in [-0.15, -0.1) is 0 Å². The SMILES string of the molecule is COc1ccc(S(=O)(=O)Nc2ccc(Cl)nc2)cc1Br. The summed E-state index contributed by atoms with van der Waals surface area (Å²) in [4.78, 5) is 3.92. The van der Waals surface area contributed by atoms with E-state index >= 15 is 0 Å². The Morgan fingerprint density at radius 3 is 2.60 bits per heavy atom. The Hall–Kier alpha value is -1.31. The fourth-order valence-electron chi connectivity index (χ4n) is 1.46. The van der Waals surface area contributed by atoms with Crippen molar-refractivity contribution < 1.29 is 13.2 Å². The molecule has 0 spiro atoms. The molecule has 1 heterocycles. The molecule has 8 heteroatoms. The number of hydrogen-bond acceptors (Lipinski definition) is 4. The number of nitrogens with one attached hydrogen (secondary N) is 1. The van der Waals surface area contributed by atoms with Crippen molar-refractivity contribution in [3.63, 3.8) is 0 Å². The predicted octanol–water partition coefficient (Wildman–Crippen LogP) is 3.31. The van der Waals surface area contributed by atoms with Gasteiger partial charge in [0.15, 0.2) is 0 Å². The largest absolute Gasteiger partial charge is 0.496 e. The fraction of sp³-hybridized carbons (Fsp3) is 0.0833. The molecule has 0 aliphatic heterocycles. The minimum absolute atomic E-state index is 0.111. The van der Waals surface area contributed by atoms with Gasteiger partial charge in [0, 0.05) is 0 Å². The van der Waals surface area contributed by atoms with Gasteiger partial charge >= 0.3 is 0 Å². The third-order valence-electron chi connectivity index (χ3n) is 2.41. The second kappa shape index (κ2) is 5.99. The zero-order valence-electron chi connectivity index (χ0n) is 10.3. The van der Waals surface area contributed by atoms with Crippen LogP contribution in [0.3, 0.4) is 0 Å². The first-order valence-corrected chi connectivity index (χ1v) is 8.06. The van der Waals surface area contributed by atoms with Crippen LogP contribution in [0.2, 0.25) is 5.15 Å². The van der Waals surface area contributed by atoms with Gasteiger partial charge in [0.25, 0.3) is 10.0 Å². The minimum Gasteiger partial charge on any atom is -0.496 e. The highest BCUT2D eigenvalue weighted by Crippen LogP contribution is 2.28. The zero-order valence-corrected chi connectivity index (χ0v) is 13.5. The van der Waals surface area contributed by atoms with Crippen LogP contribution in [0.4, 0.5) is 5.69 Å². The van der Waals surface area contributed by atoms with Crippen molar-refractivity contribution in [2.75, 3.05) is 11.8 Å². The van der Waals surface area contributed by atoms with E-state index in [0.29, 0.717) is 21.1 Å². The van der Waals surface area contributed by atoms with Crippen LogP contribution in [-0.4, -0.2) is 20.5 Å². The first kappa shape index (κ1) is 15.1. The van der Waals surface area contributed by atoms with E-state index in [-0.39, 0.29) is 4.90 Å². The molecule has 0 aliphatic carbocycles. The molecule has 0 radical (unpaired) electrons. The third kappa shape index (κ3) is 3.41. The lowest BCUT2D eigenvalue weighted by Crippen LogP contribution is -2.13. The highest BCUT2D eigenvalue weighted by molar-refractivity contribution is 9.10. The maximum atomic E-state index is 12.2. The van der Waals surface area contributed by atoms with Gasteiger partial charge in [0.05, 0.1) is 28.4 Å². The molecule has 0 saturated carbocycles. The van der Waals surface area contributed by atoms with Crippen LogP contribution < -0.4 is 9.46 Å². The number of rotatable bonds is 4. The summed E-state index contributed by atoms with van der Waals surface area (Å²) in [5.41, 5.74) is 0.335. The monoisotopic (exact) mass is 376 g/mol. The van der Waals surface area contributed by atoms with E-state index in [0.717, 1.165) is 0 Å². The van der Waals surface area contributed by atoms with Crippen LogP contribution in [0, 0.1) is 0 Å². The Morgan fingerprint density at radius 2 is 2.05 bits per heavy atom. The van der Waals surface area contributed by atoms with Gasteiger partial charge in [0.1, 0.15) is 10.9 Å². The van der Waals surface area contributed by atoms with E-state index in [9.17, 15) is 8.42 Å². The molecule has 0 atom stereocenters. The summed E-state index contributed by atoms with van der Waals surface area (Å²) in [7, 11) is -2.19. The van der Waals surface area contributed by atoms with Crippen LogP contribution in [0.1, 0.15) is 0 Å². The molecule has 1 N–H and O–H groups in total. The van der Waals surface area contributed by atoms with Gasteiger partial charge < -0.3 is 4.74 Å². The quantitative estimate of drug-likeness (QED) is 0.830. The molecule has 106 valence electrons. The van der Waals surface area contributed by atoms with E-state index < -0.39 is 10.0 Å². The Balaban J connectivity index is 2.30. The number of hydrogen-bond donors (Lipinski definition) is 1. The van der Waals surface area contributed by atoms with E-state index in [1.54, 1.807) is 6.07 Å². The van der Waals surface area contributed by atoms with Gasteiger partial charge in [-0.2, -0.15) is 0 Å². The van der Waals surface area contributed by atoms with Gasteiger partial charge in [-0.3, -0.25) is 4.72 Å².